The van der Waals surface area contributed by atoms with Gasteiger partial charge in [0.2, 0.25) is 5.91 Å². The number of anilines is 1. The normalized spacial score (nSPS) is 9.88. The lowest BCUT2D eigenvalue weighted by atomic mass is 10.2. The first-order valence-corrected chi connectivity index (χ1v) is 5.31. The highest BCUT2D eigenvalue weighted by atomic mass is 79.9. The van der Waals surface area contributed by atoms with Gasteiger partial charge >= 0.3 is 5.97 Å². The van der Waals surface area contributed by atoms with Gasteiger partial charge < -0.3 is 15.7 Å². The van der Waals surface area contributed by atoms with Gasteiger partial charge in [0.1, 0.15) is 0 Å². The third-order valence-electron chi connectivity index (χ3n) is 1.83. The van der Waals surface area contributed by atoms with E-state index in [0.717, 1.165) is 0 Å². The van der Waals surface area contributed by atoms with Gasteiger partial charge in [0, 0.05) is 4.47 Å². The third kappa shape index (κ3) is 3.32. The number of benzene rings is 1. The zero-order valence-corrected chi connectivity index (χ0v) is 10.2. The maximum absolute atomic E-state index is 11.3. The Labute approximate surface area is 101 Å². The summed E-state index contributed by atoms with van der Waals surface area (Å²) in [5, 5.41) is 14.1. The van der Waals surface area contributed by atoms with E-state index in [1.807, 2.05) is 0 Å². The summed E-state index contributed by atoms with van der Waals surface area (Å²) in [6.45, 7) is 0.202. The number of aromatic carboxylic acids is 1. The fourth-order valence-corrected chi connectivity index (χ4v) is 1.58. The molecule has 0 heterocycles. The van der Waals surface area contributed by atoms with Crippen molar-refractivity contribution >= 4 is 33.5 Å². The Balaban J connectivity index is 2.83. The van der Waals surface area contributed by atoms with Crippen LogP contribution in [0.4, 0.5) is 5.69 Å². The average molecular weight is 287 g/mol. The molecule has 1 amide bonds. The van der Waals surface area contributed by atoms with Crippen LogP contribution in [0.25, 0.3) is 0 Å². The van der Waals surface area contributed by atoms with Crippen molar-refractivity contribution < 1.29 is 14.7 Å². The lowest BCUT2D eigenvalue weighted by molar-refractivity contribution is -0.115. The predicted molar refractivity (Wildman–Crippen MR) is 63.7 cm³/mol. The first-order chi connectivity index (χ1) is 7.54. The molecule has 0 bridgehead atoms. The van der Waals surface area contributed by atoms with E-state index in [1.165, 1.54) is 12.1 Å². The second-order valence-corrected chi connectivity index (χ2v) is 3.93. The van der Waals surface area contributed by atoms with Crippen molar-refractivity contribution in [2.45, 2.75) is 0 Å². The standard InChI is InChI=1S/C10H11BrN2O3/c1-12-5-9(14)13-8-3-2-6(10(15)16)4-7(8)11/h2-4,12H,5H2,1H3,(H,13,14)(H,15,16). The van der Waals surface area contributed by atoms with Gasteiger partial charge in [-0.2, -0.15) is 0 Å². The van der Waals surface area contributed by atoms with E-state index in [4.69, 9.17) is 5.11 Å². The number of carboxylic acids is 1. The Morgan fingerprint density at radius 3 is 2.62 bits per heavy atom. The number of carbonyl (C=O) groups excluding carboxylic acids is 1. The average Bonchev–Trinajstić information content (AvgIpc) is 2.21. The minimum absolute atomic E-state index is 0.165. The first kappa shape index (κ1) is 12.7. The molecule has 1 aromatic carbocycles. The first-order valence-electron chi connectivity index (χ1n) is 4.52. The molecular formula is C10H11BrN2O3. The van der Waals surface area contributed by atoms with Gasteiger partial charge in [-0.15, -0.1) is 0 Å². The summed E-state index contributed by atoms with van der Waals surface area (Å²) in [5.41, 5.74) is 0.712. The van der Waals surface area contributed by atoms with Crippen LogP contribution in [0.1, 0.15) is 10.4 Å². The van der Waals surface area contributed by atoms with Crippen molar-refractivity contribution in [1.82, 2.24) is 5.32 Å². The number of nitrogens with one attached hydrogen (secondary N) is 2. The van der Waals surface area contributed by atoms with Gasteiger partial charge in [-0.1, -0.05) is 0 Å². The number of amides is 1. The van der Waals surface area contributed by atoms with E-state index in [0.29, 0.717) is 10.2 Å². The summed E-state index contributed by atoms with van der Waals surface area (Å²) < 4.78 is 0.539. The monoisotopic (exact) mass is 286 g/mol. The summed E-state index contributed by atoms with van der Waals surface area (Å²) in [6, 6.07) is 4.42. The zero-order valence-electron chi connectivity index (χ0n) is 8.58. The molecule has 0 fully saturated rings. The summed E-state index contributed by atoms with van der Waals surface area (Å²) in [5.74, 6) is -1.19. The van der Waals surface area contributed by atoms with Crippen molar-refractivity contribution in [2.75, 3.05) is 18.9 Å². The molecule has 16 heavy (non-hydrogen) atoms. The highest BCUT2D eigenvalue weighted by Gasteiger charge is 2.08. The maximum Gasteiger partial charge on any atom is 0.335 e. The van der Waals surface area contributed by atoms with E-state index in [-0.39, 0.29) is 18.0 Å². The lowest BCUT2D eigenvalue weighted by Crippen LogP contribution is -2.25. The highest BCUT2D eigenvalue weighted by molar-refractivity contribution is 9.10. The van der Waals surface area contributed by atoms with Gasteiger partial charge in [-0.3, -0.25) is 4.79 Å². The Morgan fingerprint density at radius 2 is 2.12 bits per heavy atom. The fraction of sp³-hybridized carbons (Fsp3) is 0.200. The summed E-state index contributed by atoms with van der Waals surface area (Å²) in [7, 11) is 1.67. The minimum atomic E-state index is -1.01. The number of carbonyl (C=O) groups is 2. The molecule has 3 N–H and O–H groups in total. The fourth-order valence-electron chi connectivity index (χ4n) is 1.10. The predicted octanol–water partition coefficient (Wildman–Crippen LogP) is 1.31. The summed E-state index contributed by atoms with van der Waals surface area (Å²) in [6.07, 6.45) is 0. The molecule has 0 unspecified atom stereocenters. The van der Waals surface area contributed by atoms with E-state index >= 15 is 0 Å². The third-order valence-corrected chi connectivity index (χ3v) is 2.48. The number of hydrogen-bond acceptors (Lipinski definition) is 3. The second-order valence-electron chi connectivity index (χ2n) is 3.08. The summed E-state index contributed by atoms with van der Waals surface area (Å²) >= 11 is 3.20. The van der Waals surface area contributed by atoms with Crippen LogP contribution in [0.15, 0.2) is 22.7 Å². The van der Waals surface area contributed by atoms with Gasteiger partial charge in [0.15, 0.2) is 0 Å². The Kier molecular flexibility index (Phi) is 4.45. The van der Waals surface area contributed by atoms with E-state index in [1.54, 1.807) is 13.1 Å². The molecule has 6 heteroatoms. The van der Waals surface area contributed by atoms with E-state index < -0.39 is 5.97 Å². The van der Waals surface area contributed by atoms with Crippen molar-refractivity contribution in [3.05, 3.63) is 28.2 Å². The van der Waals surface area contributed by atoms with Gasteiger partial charge in [-0.25, -0.2) is 4.79 Å². The van der Waals surface area contributed by atoms with Crippen molar-refractivity contribution in [1.29, 1.82) is 0 Å². The maximum atomic E-state index is 11.3. The Hall–Kier alpha value is -1.40. The van der Waals surface area contributed by atoms with Crippen LogP contribution in [0.3, 0.4) is 0 Å². The van der Waals surface area contributed by atoms with Gasteiger partial charge in [0.05, 0.1) is 17.8 Å². The quantitative estimate of drug-likeness (QED) is 0.780. The van der Waals surface area contributed by atoms with Crippen LogP contribution >= 0.6 is 15.9 Å². The number of hydrogen-bond donors (Lipinski definition) is 3. The van der Waals surface area contributed by atoms with Crippen molar-refractivity contribution in [3.63, 3.8) is 0 Å². The highest BCUT2D eigenvalue weighted by Crippen LogP contribution is 2.23. The van der Waals surface area contributed by atoms with Crippen LogP contribution in [0, 0.1) is 0 Å². The van der Waals surface area contributed by atoms with Crippen molar-refractivity contribution in [3.8, 4) is 0 Å². The zero-order chi connectivity index (χ0) is 12.1. The SMILES string of the molecule is CNCC(=O)Nc1ccc(C(=O)O)cc1Br. The molecule has 0 saturated heterocycles. The molecule has 0 aliphatic carbocycles. The molecule has 0 spiro atoms. The number of rotatable bonds is 4. The van der Waals surface area contributed by atoms with Crippen LogP contribution < -0.4 is 10.6 Å². The minimum Gasteiger partial charge on any atom is -0.478 e. The molecule has 0 atom stereocenters. The number of carboxylic acid groups (broad SMARTS) is 1. The largest absolute Gasteiger partial charge is 0.478 e. The van der Waals surface area contributed by atoms with Crippen molar-refractivity contribution in [2.24, 2.45) is 0 Å². The summed E-state index contributed by atoms with van der Waals surface area (Å²) in [4.78, 5) is 21.9. The molecule has 1 aromatic rings. The topological polar surface area (TPSA) is 78.4 Å². The second kappa shape index (κ2) is 5.62. The Bertz CT molecular complexity index is 421. The molecular weight excluding hydrogens is 276 g/mol. The van der Waals surface area contributed by atoms with E-state index in [9.17, 15) is 9.59 Å². The van der Waals surface area contributed by atoms with Gasteiger partial charge in [0.25, 0.3) is 0 Å². The molecule has 1 rings (SSSR count). The molecule has 5 nitrogen and oxygen atoms in total. The lowest BCUT2D eigenvalue weighted by Gasteiger charge is -2.07. The molecule has 0 radical (unpaired) electrons. The molecule has 0 aromatic heterocycles. The number of likely N-dealkylation sites (N-methyl/N-ethyl adjacent to an activating group) is 1. The molecule has 0 saturated carbocycles. The van der Waals surface area contributed by atoms with Gasteiger partial charge in [-0.05, 0) is 41.2 Å². The number of halogens is 1. The van der Waals surface area contributed by atoms with E-state index in [2.05, 4.69) is 26.6 Å². The Morgan fingerprint density at radius 1 is 1.44 bits per heavy atom. The smallest absolute Gasteiger partial charge is 0.335 e. The molecule has 0 aliphatic heterocycles. The molecule has 86 valence electrons. The van der Waals surface area contributed by atoms with Crippen LogP contribution in [-0.4, -0.2) is 30.6 Å². The van der Waals surface area contributed by atoms with Crippen LogP contribution in [0.5, 0.6) is 0 Å². The molecule has 0 aliphatic rings. The van der Waals surface area contributed by atoms with Crippen LogP contribution in [0.2, 0.25) is 0 Å². The van der Waals surface area contributed by atoms with Crippen LogP contribution in [-0.2, 0) is 4.79 Å².